The molecule has 2 aromatic rings. The van der Waals surface area contributed by atoms with Crippen molar-refractivity contribution in [3.05, 3.63) is 29.5 Å². The standard InChI is InChI=1S/C10H9ClN2O2/c1-14-7-4-2-6(3-5-7)8-9(11)15-10(12)13-8/h2-5H,1H3,(H2,12,13). The van der Waals surface area contributed by atoms with Crippen molar-refractivity contribution in [2.24, 2.45) is 0 Å². The van der Waals surface area contributed by atoms with Gasteiger partial charge in [0, 0.05) is 5.56 Å². The lowest BCUT2D eigenvalue weighted by molar-refractivity contribution is 0.415. The summed E-state index contributed by atoms with van der Waals surface area (Å²) in [5.41, 5.74) is 6.76. The number of methoxy groups -OCH3 is 1. The molecule has 0 aliphatic carbocycles. The van der Waals surface area contributed by atoms with Crippen LogP contribution in [0.25, 0.3) is 11.3 Å². The number of benzene rings is 1. The van der Waals surface area contributed by atoms with Gasteiger partial charge in [0.2, 0.25) is 5.22 Å². The molecule has 5 heteroatoms. The summed E-state index contributed by atoms with van der Waals surface area (Å²) in [6.07, 6.45) is 0. The quantitative estimate of drug-likeness (QED) is 0.852. The lowest BCUT2D eigenvalue weighted by Crippen LogP contribution is -1.85. The van der Waals surface area contributed by atoms with Gasteiger partial charge in [0.1, 0.15) is 11.4 Å². The SMILES string of the molecule is COc1ccc(-c2nc(N)oc2Cl)cc1. The van der Waals surface area contributed by atoms with E-state index in [1.807, 2.05) is 24.3 Å². The number of nitrogens with zero attached hydrogens (tertiary/aromatic N) is 1. The Kier molecular flexibility index (Phi) is 2.51. The van der Waals surface area contributed by atoms with Crippen LogP contribution in [-0.2, 0) is 0 Å². The van der Waals surface area contributed by atoms with E-state index in [2.05, 4.69) is 4.98 Å². The molecule has 0 bridgehead atoms. The van der Waals surface area contributed by atoms with Crippen LogP contribution in [0.4, 0.5) is 6.01 Å². The summed E-state index contributed by atoms with van der Waals surface area (Å²) in [4.78, 5) is 3.97. The summed E-state index contributed by atoms with van der Waals surface area (Å²) in [5, 5.41) is 0.192. The van der Waals surface area contributed by atoms with Crippen LogP contribution in [0, 0.1) is 0 Å². The van der Waals surface area contributed by atoms with Crippen molar-refractivity contribution < 1.29 is 9.15 Å². The number of rotatable bonds is 2. The fourth-order valence-corrected chi connectivity index (χ4v) is 1.47. The summed E-state index contributed by atoms with van der Waals surface area (Å²) in [6.45, 7) is 0. The minimum absolute atomic E-state index is 0.0609. The lowest BCUT2D eigenvalue weighted by Gasteiger charge is -2.00. The zero-order chi connectivity index (χ0) is 10.8. The van der Waals surface area contributed by atoms with E-state index in [0.29, 0.717) is 5.69 Å². The van der Waals surface area contributed by atoms with Crippen LogP contribution in [0.15, 0.2) is 28.7 Å². The highest BCUT2D eigenvalue weighted by molar-refractivity contribution is 6.31. The maximum absolute atomic E-state index is 5.81. The van der Waals surface area contributed by atoms with Crippen LogP contribution in [0.1, 0.15) is 0 Å². The van der Waals surface area contributed by atoms with Crippen LogP contribution >= 0.6 is 11.6 Å². The fourth-order valence-electron chi connectivity index (χ4n) is 1.24. The second-order valence-electron chi connectivity index (χ2n) is 2.90. The number of oxazole rings is 1. The van der Waals surface area contributed by atoms with Crippen LogP contribution in [0.5, 0.6) is 5.75 Å². The first kappa shape index (κ1) is 9.86. The Morgan fingerprint density at radius 1 is 1.33 bits per heavy atom. The summed E-state index contributed by atoms with van der Waals surface area (Å²) in [7, 11) is 1.61. The largest absolute Gasteiger partial charge is 0.497 e. The van der Waals surface area contributed by atoms with E-state index in [9.17, 15) is 0 Å². The van der Waals surface area contributed by atoms with Gasteiger partial charge in [0.05, 0.1) is 7.11 Å². The predicted molar refractivity (Wildman–Crippen MR) is 57.9 cm³/mol. The molecule has 0 atom stereocenters. The Bertz CT molecular complexity index is 465. The van der Waals surface area contributed by atoms with E-state index in [-0.39, 0.29) is 11.2 Å². The van der Waals surface area contributed by atoms with E-state index < -0.39 is 0 Å². The summed E-state index contributed by atoms with van der Waals surface area (Å²) >= 11 is 5.81. The number of nitrogen functional groups attached to an aromatic ring is 1. The molecule has 15 heavy (non-hydrogen) atoms. The molecule has 78 valence electrons. The molecule has 0 aliphatic heterocycles. The second-order valence-corrected chi connectivity index (χ2v) is 3.25. The van der Waals surface area contributed by atoms with Gasteiger partial charge in [-0.25, -0.2) is 0 Å². The Morgan fingerprint density at radius 3 is 2.47 bits per heavy atom. The highest BCUT2D eigenvalue weighted by Gasteiger charge is 2.11. The molecule has 2 N–H and O–H groups in total. The number of hydrogen-bond acceptors (Lipinski definition) is 4. The van der Waals surface area contributed by atoms with Crippen LogP contribution < -0.4 is 10.5 Å². The third kappa shape index (κ3) is 1.89. The van der Waals surface area contributed by atoms with Gasteiger partial charge < -0.3 is 14.9 Å². The Balaban J connectivity index is 2.41. The number of anilines is 1. The molecule has 0 radical (unpaired) electrons. The third-order valence-corrected chi connectivity index (χ3v) is 2.22. The number of aromatic nitrogens is 1. The predicted octanol–water partition coefficient (Wildman–Crippen LogP) is 2.59. The van der Waals surface area contributed by atoms with E-state index in [0.717, 1.165) is 11.3 Å². The number of hydrogen-bond donors (Lipinski definition) is 1. The van der Waals surface area contributed by atoms with E-state index in [4.69, 9.17) is 26.5 Å². The van der Waals surface area contributed by atoms with Gasteiger partial charge in [-0.1, -0.05) is 0 Å². The number of nitrogens with two attached hydrogens (primary N) is 1. The monoisotopic (exact) mass is 224 g/mol. The molecule has 0 saturated carbocycles. The average molecular weight is 225 g/mol. The third-order valence-electron chi connectivity index (χ3n) is 1.97. The molecule has 1 aromatic carbocycles. The summed E-state index contributed by atoms with van der Waals surface area (Å²) in [5.74, 6) is 0.770. The molecular weight excluding hydrogens is 216 g/mol. The first-order chi connectivity index (χ1) is 7.20. The molecular formula is C10H9ClN2O2. The Morgan fingerprint density at radius 2 is 2.00 bits per heavy atom. The van der Waals surface area contributed by atoms with Crippen molar-refractivity contribution in [3.63, 3.8) is 0 Å². The Hall–Kier alpha value is -1.68. The maximum atomic E-state index is 5.81. The zero-order valence-corrected chi connectivity index (χ0v) is 8.78. The molecule has 1 heterocycles. The number of halogens is 1. The summed E-state index contributed by atoms with van der Waals surface area (Å²) in [6, 6.07) is 7.36. The normalized spacial score (nSPS) is 10.3. The van der Waals surface area contributed by atoms with Crippen LogP contribution in [0.3, 0.4) is 0 Å². The van der Waals surface area contributed by atoms with Gasteiger partial charge in [-0.3, -0.25) is 0 Å². The first-order valence-electron chi connectivity index (χ1n) is 4.27. The van der Waals surface area contributed by atoms with Crippen LogP contribution in [-0.4, -0.2) is 12.1 Å². The van der Waals surface area contributed by atoms with E-state index >= 15 is 0 Å². The smallest absolute Gasteiger partial charge is 0.293 e. The lowest BCUT2D eigenvalue weighted by atomic mass is 10.2. The molecule has 0 saturated heterocycles. The van der Waals surface area contributed by atoms with Gasteiger partial charge in [-0.15, -0.1) is 0 Å². The zero-order valence-electron chi connectivity index (χ0n) is 8.03. The van der Waals surface area contributed by atoms with Gasteiger partial charge in [-0.05, 0) is 35.9 Å². The maximum Gasteiger partial charge on any atom is 0.293 e. The molecule has 0 fully saturated rings. The van der Waals surface area contributed by atoms with Gasteiger partial charge in [0.15, 0.2) is 0 Å². The van der Waals surface area contributed by atoms with E-state index in [1.54, 1.807) is 7.11 Å². The van der Waals surface area contributed by atoms with Gasteiger partial charge >= 0.3 is 0 Å². The second kappa shape index (κ2) is 3.82. The summed E-state index contributed by atoms with van der Waals surface area (Å²) < 4.78 is 9.97. The minimum atomic E-state index is 0.0609. The first-order valence-corrected chi connectivity index (χ1v) is 4.64. The molecule has 1 aromatic heterocycles. The Labute approximate surface area is 91.6 Å². The molecule has 0 spiro atoms. The average Bonchev–Trinajstić information content (AvgIpc) is 2.58. The van der Waals surface area contributed by atoms with Crippen LogP contribution in [0.2, 0.25) is 5.22 Å². The molecule has 2 rings (SSSR count). The fraction of sp³-hybridized carbons (Fsp3) is 0.100. The van der Waals surface area contributed by atoms with Crippen molar-refractivity contribution in [2.45, 2.75) is 0 Å². The van der Waals surface area contributed by atoms with Gasteiger partial charge in [-0.2, -0.15) is 4.98 Å². The van der Waals surface area contributed by atoms with Crippen molar-refractivity contribution in [1.29, 1.82) is 0 Å². The topological polar surface area (TPSA) is 61.3 Å². The van der Waals surface area contributed by atoms with Crippen molar-refractivity contribution in [1.82, 2.24) is 4.98 Å². The van der Waals surface area contributed by atoms with Crippen molar-refractivity contribution in [2.75, 3.05) is 12.8 Å². The molecule has 0 amide bonds. The molecule has 0 aliphatic rings. The number of ether oxygens (including phenoxy) is 1. The highest BCUT2D eigenvalue weighted by Crippen LogP contribution is 2.29. The van der Waals surface area contributed by atoms with Crippen molar-refractivity contribution in [3.8, 4) is 17.0 Å². The minimum Gasteiger partial charge on any atom is -0.497 e. The van der Waals surface area contributed by atoms with Gasteiger partial charge in [0.25, 0.3) is 6.01 Å². The highest BCUT2D eigenvalue weighted by atomic mass is 35.5. The molecule has 4 nitrogen and oxygen atoms in total. The van der Waals surface area contributed by atoms with Crippen molar-refractivity contribution >= 4 is 17.6 Å². The van der Waals surface area contributed by atoms with E-state index in [1.165, 1.54) is 0 Å². The molecule has 0 unspecified atom stereocenters.